The van der Waals surface area contributed by atoms with Crippen molar-refractivity contribution >= 4 is 70.5 Å². The lowest BCUT2D eigenvalue weighted by Crippen LogP contribution is -2.66. The van der Waals surface area contributed by atoms with E-state index in [4.69, 9.17) is 47.4 Å². The lowest BCUT2D eigenvalue weighted by Gasteiger charge is -2.46. The van der Waals surface area contributed by atoms with Crippen LogP contribution in [0, 0.1) is 11.8 Å². The molecule has 4 aliphatic heterocycles. The first kappa shape index (κ1) is 72.7. The predicted octanol–water partition coefficient (Wildman–Crippen LogP) is -4.21. The molecule has 12 N–H and O–H groups in total. The third kappa shape index (κ3) is 22.7. The Morgan fingerprint density at radius 2 is 1.10 bits per heavy atom. The highest BCUT2D eigenvalue weighted by Crippen LogP contribution is 2.32. The van der Waals surface area contributed by atoms with Crippen molar-refractivity contribution in [2.24, 2.45) is 11.8 Å². The molecule has 482 valence electrons. The highest BCUT2D eigenvalue weighted by molar-refractivity contribution is 8.00. The number of amides is 6. The van der Waals surface area contributed by atoms with Crippen molar-refractivity contribution in [2.45, 2.75) is 190 Å². The van der Waals surface area contributed by atoms with Gasteiger partial charge in [0.15, 0.2) is 24.8 Å². The molecule has 0 saturated carbocycles. The van der Waals surface area contributed by atoms with Gasteiger partial charge in [0, 0.05) is 90.3 Å². The number of thioether (sulfide) groups is 2. The summed E-state index contributed by atoms with van der Waals surface area (Å²) in [5.74, 6) is -4.08. The first-order valence-electron chi connectivity index (χ1n) is 27.9. The van der Waals surface area contributed by atoms with E-state index in [1.807, 2.05) is 0 Å². The van der Waals surface area contributed by atoms with Gasteiger partial charge in [0.05, 0.1) is 80.5 Å². The van der Waals surface area contributed by atoms with E-state index in [9.17, 15) is 69.0 Å². The third-order valence-electron chi connectivity index (χ3n) is 14.3. The molecular formula is C52H88N6O24S2. The molecular weight excluding hydrogens is 1160 g/mol. The number of nitrogens with one attached hydrogen (secondary N) is 6. The van der Waals surface area contributed by atoms with Crippen molar-refractivity contribution in [1.82, 2.24) is 32.3 Å². The Kier molecular flexibility index (Phi) is 32.2. The first-order valence-corrected chi connectivity index (χ1v) is 30.3. The molecule has 0 spiro atoms. The Balaban J connectivity index is 1.02. The molecule has 0 aliphatic carbocycles. The smallest absolute Gasteiger partial charge is 0.270 e. The van der Waals surface area contributed by atoms with Crippen LogP contribution in [0.4, 0.5) is 0 Å². The number of methoxy groups -OCH3 is 2. The molecule has 0 aromatic heterocycles. The normalized spacial score (nSPS) is 32.3. The van der Waals surface area contributed by atoms with Gasteiger partial charge >= 0.3 is 0 Å². The Morgan fingerprint density at radius 1 is 0.571 bits per heavy atom. The summed E-state index contributed by atoms with van der Waals surface area (Å²) in [5, 5.41) is 68.3. The average Bonchev–Trinajstić information content (AvgIpc) is 2.64. The maximum Gasteiger partial charge on any atom is 0.270 e. The van der Waals surface area contributed by atoms with E-state index in [0.29, 0.717) is 37.6 Å². The third-order valence-corrected chi connectivity index (χ3v) is 16.7. The Bertz CT molecular complexity index is 2110. The zero-order chi connectivity index (χ0) is 62.2. The lowest BCUT2D eigenvalue weighted by molar-refractivity contribution is -0.314. The molecule has 4 aliphatic rings. The van der Waals surface area contributed by atoms with Gasteiger partial charge in [-0.25, -0.2) is 0 Å². The summed E-state index contributed by atoms with van der Waals surface area (Å²) in [5.41, 5.74) is 9.09. The maximum atomic E-state index is 13.2. The summed E-state index contributed by atoms with van der Waals surface area (Å²) in [6.45, 7) is 9.60. The number of carbonyl (C=O) groups is 8. The highest BCUT2D eigenvalue weighted by Gasteiger charge is 2.52. The van der Waals surface area contributed by atoms with Crippen LogP contribution in [0.1, 0.15) is 80.1 Å². The Hall–Kier alpha value is -3.78. The summed E-state index contributed by atoms with van der Waals surface area (Å²) in [7, 11) is 2.50. The fraction of sp³-hybridized carbons (Fsp3) is 0.846. The van der Waals surface area contributed by atoms with Crippen LogP contribution >= 0.6 is 23.5 Å². The molecule has 4 fully saturated rings. The highest BCUT2D eigenvalue weighted by atomic mass is 32.2. The van der Waals surface area contributed by atoms with Crippen molar-refractivity contribution in [2.75, 3.05) is 76.9 Å². The molecule has 0 radical (unpaired) electrons. The predicted molar refractivity (Wildman–Crippen MR) is 296 cm³/mol. The zero-order valence-electron chi connectivity index (χ0n) is 48.7. The van der Waals surface area contributed by atoms with E-state index in [1.54, 1.807) is 27.7 Å². The summed E-state index contributed by atoms with van der Waals surface area (Å²) >= 11 is 2.36. The second-order valence-corrected chi connectivity index (χ2v) is 23.1. The van der Waals surface area contributed by atoms with E-state index in [-0.39, 0.29) is 86.3 Å². The number of hydrazine groups is 2. The fourth-order valence-electron chi connectivity index (χ4n) is 9.69. The van der Waals surface area contributed by atoms with Crippen molar-refractivity contribution in [3.8, 4) is 0 Å². The van der Waals surface area contributed by atoms with Crippen molar-refractivity contribution in [1.29, 1.82) is 0 Å². The molecule has 0 aromatic rings. The summed E-state index contributed by atoms with van der Waals surface area (Å²) < 4.78 is 56.7. The van der Waals surface area contributed by atoms with Gasteiger partial charge in [0.25, 0.3) is 11.8 Å². The number of hydrogen-bond donors (Lipinski definition) is 12. The van der Waals surface area contributed by atoms with Gasteiger partial charge in [-0.2, -0.15) is 23.5 Å². The summed E-state index contributed by atoms with van der Waals surface area (Å²) in [6.07, 6.45) is -18.2. The van der Waals surface area contributed by atoms with E-state index in [2.05, 4.69) is 32.3 Å². The van der Waals surface area contributed by atoms with Crippen molar-refractivity contribution < 1.29 is 116 Å². The number of hydrogen-bond acceptors (Lipinski definition) is 26. The number of carbonyl (C=O) groups excluding carboxylic acids is 8. The quantitative estimate of drug-likeness (QED) is 0.0219. The van der Waals surface area contributed by atoms with Gasteiger partial charge in [-0.1, -0.05) is 13.8 Å². The lowest BCUT2D eigenvalue weighted by atomic mass is 9.92. The van der Waals surface area contributed by atoms with Crippen molar-refractivity contribution in [3.63, 3.8) is 0 Å². The van der Waals surface area contributed by atoms with Crippen LogP contribution in [-0.2, 0) is 85.7 Å². The van der Waals surface area contributed by atoms with Crippen LogP contribution in [0.25, 0.3) is 0 Å². The minimum Gasteiger partial charge on any atom is -0.394 e. The minimum atomic E-state index is -1.69. The Labute approximate surface area is 496 Å². The van der Waals surface area contributed by atoms with Crippen LogP contribution < -0.4 is 32.3 Å². The van der Waals surface area contributed by atoms with Crippen LogP contribution in [0.15, 0.2) is 0 Å². The summed E-state index contributed by atoms with van der Waals surface area (Å²) in [4.78, 5) is 101. The molecule has 30 nitrogen and oxygen atoms in total. The molecule has 0 bridgehead atoms. The number of aliphatic hydroxyl groups excluding tert-OH is 6. The number of aliphatic hydroxyl groups is 6. The molecule has 10 unspecified atom stereocenters. The van der Waals surface area contributed by atoms with Gasteiger partial charge in [0.1, 0.15) is 54.3 Å². The van der Waals surface area contributed by atoms with Gasteiger partial charge < -0.3 is 88.6 Å². The maximum absolute atomic E-state index is 13.2. The molecule has 84 heavy (non-hydrogen) atoms. The van der Waals surface area contributed by atoms with Crippen LogP contribution in [0.5, 0.6) is 0 Å². The van der Waals surface area contributed by atoms with Crippen LogP contribution in [0.3, 0.4) is 0 Å². The number of ketones is 2. The fourth-order valence-corrected chi connectivity index (χ4v) is 11.5. The number of ether oxygens (including phenoxy) is 10. The van der Waals surface area contributed by atoms with Gasteiger partial charge in [-0.15, -0.1) is 0 Å². The number of Topliss-reactive ketones (excluding diaryl/α,β-unsaturated/α-hetero) is 2. The minimum absolute atomic E-state index is 0.0176. The zero-order valence-corrected chi connectivity index (χ0v) is 50.3. The SMILES string of the molecule is CO[C@H]1CC(O)[C@H](O[C@@H]2C(NC(C)=O)[C@H](C)OC(CO)[C@H]2O)OC1C(=O)NNC(=O)CSCC(C)C(=O)CCCOCCOCCCC(=O)C(C)CSCC(=O)NNC(=O)C1O[C@@H](O[C@H]2CC(CO)O[C@@H](C)C2NC(C)=O)C(O)[C@@H](O)[C@@H]1OC. The van der Waals surface area contributed by atoms with Gasteiger partial charge in [0.2, 0.25) is 23.6 Å². The molecule has 4 saturated heterocycles. The van der Waals surface area contributed by atoms with Crippen LogP contribution in [-0.4, -0.2) is 265 Å². The molecule has 0 aromatic carbocycles. The topological polar surface area (TPSA) is 422 Å². The largest absolute Gasteiger partial charge is 0.394 e. The Morgan fingerprint density at radius 3 is 1.61 bits per heavy atom. The van der Waals surface area contributed by atoms with Crippen LogP contribution in [0.2, 0.25) is 0 Å². The molecule has 20 atom stereocenters. The van der Waals surface area contributed by atoms with E-state index in [0.717, 1.165) is 0 Å². The van der Waals surface area contributed by atoms with Crippen molar-refractivity contribution in [3.05, 3.63) is 0 Å². The van der Waals surface area contributed by atoms with E-state index >= 15 is 0 Å². The standard InChI is InChI=1S/C52H88N6O24S2/c1-25(21-83-23-38(66)55-57-49(71)45-36(73-7)18-34(65)51(80-45)81-46-41(54-30(6)62)28(4)78-37(20-60)42(46)68)32(63)11-9-13-75-15-16-76-14-10-12-33(64)26(2)22-84-24-39(67)56-58-50(72)48-47(74-8)43(69)44(70)52(82-48)79-35-17-31(19-59)77-27(3)40(35)53-29(5)61/h25-28,31,34-37,40-48,51-52,59-60,65,68-70H,9-24H2,1-8H3,(H,53,61)(H,54,62)(H,55,66)(H,56,67)(H,57,71)(H,58,72)/t25?,26?,27-,28-,31?,34?,35-,36-,37?,40?,41?,42+,43+,44?,45?,46+,47-,48?,51-,52+/m0/s1. The van der Waals surface area contributed by atoms with Gasteiger partial charge in [-0.05, 0) is 26.7 Å². The molecule has 4 heterocycles. The monoisotopic (exact) mass is 1240 g/mol. The summed E-state index contributed by atoms with van der Waals surface area (Å²) in [6, 6.07) is -1.63. The number of rotatable bonds is 33. The first-order chi connectivity index (χ1) is 39.9. The second-order valence-electron chi connectivity index (χ2n) is 21.0. The van der Waals surface area contributed by atoms with E-state index < -0.39 is 146 Å². The molecule has 32 heteroatoms. The van der Waals surface area contributed by atoms with Gasteiger partial charge in [-0.3, -0.25) is 60.1 Å². The average molecular weight is 1250 g/mol. The molecule has 6 amide bonds. The molecule has 4 rings (SSSR count). The van der Waals surface area contributed by atoms with E-state index in [1.165, 1.54) is 51.6 Å². The second kappa shape index (κ2) is 37.2.